The van der Waals surface area contributed by atoms with E-state index < -0.39 is 21.9 Å². The van der Waals surface area contributed by atoms with Crippen molar-refractivity contribution in [2.24, 2.45) is 0 Å². The molecule has 0 radical (unpaired) electrons. The number of anilines is 1. The van der Waals surface area contributed by atoms with Gasteiger partial charge in [0.05, 0.1) is 27.7 Å². The second-order valence-corrected chi connectivity index (χ2v) is 9.96. The van der Waals surface area contributed by atoms with Crippen molar-refractivity contribution in [3.05, 3.63) is 58.1 Å². The first kappa shape index (κ1) is 24.2. The van der Waals surface area contributed by atoms with E-state index in [0.29, 0.717) is 29.9 Å². The minimum absolute atomic E-state index is 0.0333. The molecule has 1 amide bonds. The van der Waals surface area contributed by atoms with E-state index in [9.17, 15) is 18.0 Å². The molecule has 0 saturated carbocycles. The number of halogens is 1. The average Bonchev–Trinajstić information content (AvgIpc) is 3.05. The molecule has 1 aliphatic rings. The zero-order valence-corrected chi connectivity index (χ0v) is 19.8. The van der Waals surface area contributed by atoms with Crippen molar-refractivity contribution in [1.29, 1.82) is 0 Å². The molecular formula is C23H27ClN2O5S. The Morgan fingerprint density at radius 3 is 2.41 bits per heavy atom. The average molecular weight is 479 g/mol. The number of hydrogen-bond acceptors (Lipinski definition) is 5. The minimum atomic E-state index is -3.73. The van der Waals surface area contributed by atoms with E-state index in [-0.39, 0.29) is 22.1 Å². The van der Waals surface area contributed by atoms with Gasteiger partial charge < -0.3 is 10.1 Å². The van der Waals surface area contributed by atoms with Crippen LogP contribution in [0, 0.1) is 6.92 Å². The Kier molecular flexibility index (Phi) is 7.92. The van der Waals surface area contributed by atoms with Crippen LogP contribution < -0.4 is 5.32 Å². The Morgan fingerprint density at radius 1 is 1.06 bits per heavy atom. The van der Waals surface area contributed by atoms with Crippen LogP contribution in [0.15, 0.2) is 41.3 Å². The molecule has 0 bridgehead atoms. The van der Waals surface area contributed by atoms with Crippen LogP contribution in [-0.4, -0.2) is 44.3 Å². The van der Waals surface area contributed by atoms with Gasteiger partial charge in [0.2, 0.25) is 10.0 Å². The third-order valence-electron chi connectivity index (χ3n) is 5.46. The molecule has 1 aliphatic heterocycles. The van der Waals surface area contributed by atoms with Crippen LogP contribution in [0.5, 0.6) is 0 Å². The van der Waals surface area contributed by atoms with Crippen molar-refractivity contribution < 1.29 is 22.7 Å². The molecule has 7 nitrogen and oxygen atoms in total. The smallest absolute Gasteiger partial charge is 0.338 e. The first-order valence-electron chi connectivity index (χ1n) is 10.6. The van der Waals surface area contributed by atoms with Gasteiger partial charge in [0.1, 0.15) is 0 Å². The maximum atomic E-state index is 13.1. The molecule has 3 rings (SSSR count). The summed E-state index contributed by atoms with van der Waals surface area (Å²) in [4.78, 5) is 25.1. The van der Waals surface area contributed by atoms with Gasteiger partial charge in [0.15, 0.2) is 0 Å². The first-order valence-corrected chi connectivity index (χ1v) is 12.4. The molecule has 32 heavy (non-hydrogen) atoms. The molecule has 0 unspecified atom stereocenters. The third-order valence-corrected chi connectivity index (χ3v) is 7.69. The maximum Gasteiger partial charge on any atom is 0.338 e. The van der Waals surface area contributed by atoms with Gasteiger partial charge in [0.25, 0.3) is 5.91 Å². The van der Waals surface area contributed by atoms with Crippen LogP contribution in [0.3, 0.4) is 0 Å². The Balaban J connectivity index is 1.88. The fourth-order valence-electron chi connectivity index (χ4n) is 3.66. The van der Waals surface area contributed by atoms with E-state index in [1.165, 1.54) is 22.5 Å². The molecule has 1 heterocycles. The molecule has 0 atom stereocenters. The standard InChI is InChI=1S/C23H27ClN2O5S/c1-3-31-23(28)18-9-8-10-21(16(18)2)25-22(27)19-15-17(11-12-20(19)24)32(29,30)26-13-6-4-5-7-14-26/h8-12,15H,3-7,13-14H2,1-2H3,(H,25,27). The molecule has 2 aromatic rings. The number of carbonyl (C=O) groups excluding carboxylic acids is 2. The van der Waals surface area contributed by atoms with Gasteiger partial charge in [0, 0.05) is 18.8 Å². The molecule has 9 heteroatoms. The molecule has 1 fully saturated rings. The first-order chi connectivity index (χ1) is 15.3. The highest BCUT2D eigenvalue weighted by Gasteiger charge is 2.27. The summed E-state index contributed by atoms with van der Waals surface area (Å²) in [5, 5.41) is 2.87. The van der Waals surface area contributed by atoms with Gasteiger partial charge in [-0.3, -0.25) is 4.79 Å². The summed E-state index contributed by atoms with van der Waals surface area (Å²) in [6.07, 6.45) is 3.64. The summed E-state index contributed by atoms with van der Waals surface area (Å²) in [6.45, 7) is 4.58. The number of ether oxygens (including phenoxy) is 1. The number of hydrogen-bond donors (Lipinski definition) is 1. The van der Waals surface area contributed by atoms with Crippen LogP contribution in [0.1, 0.15) is 58.9 Å². The van der Waals surface area contributed by atoms with Gasteiger partial charge in [-0.1, -0.05) is 30.5 Å². The fraction of sp³-hybridized carbons (Fsp3) is 0.391. The number of sulfonamides is 1. The number of carbonyl (C=O) groups is 2. The lowest BCUT2D eigenvalue weighted by Gasteiger charge is -2.20. The summed E-state index contributed by atoms with van der Waals surface area (Å²) in [5.74, 6) is -1.04. The van der Waals surface area contributed by atoms with Crippen LogP contribution in [0.25, 0.3) is 0 Å². The molecule has 172 valence electrons. The van der Waals surface area contributed by atoms with Crippen LogP contribution >= 0.6 is 11.6 Å². The normalized spacial score (nSPS) is 15.1. The summed E-state index contributed by atoms with van der Waals surface area (Å²) in [6, 6.07) is 9.06. The van der Waals surface area contributed by atoms with Crippen molar-refractivity contribution in [2.75, 3.05) is 25.0 Å². The lowest BCUT2D eigenvalue weighted by molar-refractivity contribution is 0.0525. The highest BCUT2D eigenvalue weighted by molar-refractivity contribution is 7.89. The van der Waals surface area contributed by atoms with Gasteiger partial charge in [-0.05, 0) is 62.6 Å². The second kappa shape index (κ2) is 10.5. The zero-order chi connectivity index (χ0) is 23.3. The molecule has 0 aliphatic carbocycles. The third kappa shape index (κ3) is 5.31. The van der Waals surface area contributed by atoms with E-state index in [0.717, 1.165) is 25.7 Å². The molecule has 0 spiro atoms. The zero-order valence-electron chi connectivity index (χ0n) is 18.2. The lowest BCUT2D eigenvalue weighted by Crippen LogP contribution is -2.32. The number of nitrogens with one attached hydrogen (secondary N) is 1. The van der Waals surface area contributed by atoms with Crippen LogP contribution in [0.2, 0.25) is 5.02 Å². The van der Waals surface area contributed by atoms with Crippen molar-refractivity contribution >= 4 is 39.2 Å². The Labute approximate surface area is 193 Å². The Bertz CT molecular complexity index is 1110. The van der Waals surface area contributed by atoms with E-state index >= 15 is 0 Å². The molecular weight excluding hydrogens is 452 g/mol. The quantitative estimate of drug-likeness (QED) is 0.610. The lowest BCUT2D eigenvalue weighted by atomic mass is 10.1. The number of esters is 1. The summed E-state index contributed by atoms with van der Waals surface area (Å²) in [5.41, 5.74) is 1.35. The number of amides is 1. The van der Waals surface area contributed by atoms with Gasteiger partial charge in [-0.2, -0.15) is 4.31 Å². The molecule has 0 aromatic heterocycles. The van der Waals surface area contributed by atoms with Crippen molar-refractivity contribution in [2.45, 2.75) is 44.4 Å². The summed E-state index contributed by atoms with van der Waals surface area (Å²) >= 11 is 6.24. The Morgan fingerprint density at radius 2 is 1.75 bits per heavy atom. The van der Waals surface area contributed by atoms with Gasteiger partial charge in [-0.25, -0.2) is 13.2 Å². The highest BCUT2D eigenvalue weighted by atomic mass is 35.5. The Hall–Kier alpha value is -2.42. The predicted octanol–water partition coefficient (Wildman–Crippen LogP) is 4.64. The van der Waals surface area contributed by atoms with Crippen molar-refractivity contribution in [1.82, 2.24) is 4.31 Å². The van der Waals surface area contributed by atoms with Gasteiger partial charge in [-0.15, -0.1) is 0 Å². The molecule has 1 N–H and O–H groups in total. The van der Waals surface area contributed by atoms with Crippen LogP contribution in [0.4, 0.5) is 5.69 Å². The topological polar surface area (TPSA) is 92.8 Å². The van der Waals surface area contributed by atoms with Crippen molar-refractivity contribution in [3.8, 4) is 0 Å². The van der Waals surface area contributed by atoms with Crippen molar-refractivity contribution in [3.63, 3.8) is 0 Å². The minimum Gasteiger partial charge on any atom is -0.462 e. The largest absolute Gasteiger partial charge is 0.462 e. The molecule has 2 aromatic carbocycles. The van der Waals surface area contributed by atoms with E-state index in [2.05, 4.69) is 5.32 Å². The predicted molar refractivity (Wildman–Crippen MR) is 124 cm³/mol. The summed E-state index contributed by atoms with van der Waals surface area (Å²) < 4.78 is 32.8. The van der Waals surface area contributed by atoms with E-state index in [1.807, 2.05) is 0 Å². The summed E-state index contributed by atoms with van der Waals surface area (Å²) in [7, 11) is -3.73. The van der Waals surface area contributed by atoms with E-state index in [4.69, 9.17) is 16.3 Å². The number of rotatable bonds is 6. The number of nitrogens with zero attached hydrogens (tertiary/aromatic N) is 1. The highest BCUT2D eigenvalue weighted by Crippen LogP contribution is 2.27. The number of benzene rings is 2. The monoisotopic (exact) mass is 478 g/mol. The van der Waals surface area contributed by atoms with Gasteiger partial charge >= 0.3 is 5.97 Å². The fourth-order valence-corrected chi connectivity index (χ4v) is 5.41. The SMILES string of the molecule is CCOC(=O)c1cccc(NC(=O)c2cc(S(=O)(=O)N3CCCCCC3)ccc2Cl)c1C. The maximum absolute atomic E-state index is 13.1. The van der Waals surface area contributed by atoms with E-state index in [1.54, 1.807) is 32.0 Å². The molecule has 1 saturated heterocycles. The van der Waals surface area contributed by atoms with Crippen LogP contribution in [-0.2, 0) is 14.8 Å². The second-order valence-electron chi connectivity index (χ2n) is 7.61.